The fourth-order valence-corrected chi connectivity index (χ4v) is 4.67. The van der Waals surface area contributed by atoms with E-state index in [9.17, 15) is 14.7 Å². The Bertz CT molecular complexity index is 674. The summed E-state index contributed by atoms with van der Waals surface area (Å²) in [6.45, 7) is 1.70. The van der Waals surface area contributed by atoms with E-state index in [1.54, 1.807) is 24.3 Å². The van der Waals surface area contributed by atoms with Crippen LogP contribution in [0.15, 0.2) is 30.3 Å². The van der Waals surface area contributed by atoms with E-state index in [0.29, 0.717) is 31.2 Å². The number of hydrogen-bond acceptors (Lipinski definition) is 6. The molecule has 2 bridgehead atoms. The fraction of sp³-hybridized carbons (Fsp3) is 0.600. The molecule has 0 amide bonds. The van der Waals surface area contributed by atoms with Gasteiger partial charge in [-0.25, -0.2) is 4.79 Å². The lowest BCUT2D eigenvalue weighted by Crippen LogP contribution is -2.53. The Morgan fingerprint density at radius 2 is 1.96 bits per heavy atom. The number of methoxy groups -OCH3 is 1. The highest BCUT2D eigenvalue weighted by molar-refractivity contribution is 5.89. The van der Waals surface area contributed by atoms with Gasteiger partial charge in [0, 0.05) is 0 Å². The first-order chi connectivity index (χ1) is 12.5. The van der Waals surface area contributed by atoms with Crippen molar-refractivity contribution in [1.29, 1.82) is 0 Å². The summed E-state index contributed by atoms with van der Waals surface area (Å²) < 4.78 is 17.0. The fourth-order valence-electron chi connectivity index (χ4n) is 4.67. The standard InChI is InChI=1S/C20H26O6/c1-3-20(14-25-16(22)15-8-5-4-6-9-15)19(17(23)24-2)11-7-10-18(12-19,13-21)26-20/h4-6,8-9,21H,3,7,10-14H2,1-2H3/t18-,19+,20-/m1/s1. The van der Waals surface area contributed by atoms with Crippen molar-refractivity contribution in [3.8, 4) is 0 Å². The molecular formula is C20H26O6. The number of esters is 2. The number of benzene rings is 1. The number of rotatable bonds is 6. The molecule has 6 heteroatoms. The lowest BCUT2D eigenvalue weighted by molar-refractivity contribution is -0.180. The number of fused-ring (bicyclic) bond motifs is 2. The Kier molecular flexibility index (Phi) is 5.08. The highest BCUT2D eigenvalue weighted by Gasteiger charge is 2.70. The molecule has 1 aliphatic heterocycles. The van der Waals surface area contributed by atoms with Crippen LogP contribution in [0.3, 0.4) is 0 Å². The predicted molar refractivity (Wildman–Crippen MR) is 93.6 cm³/mol. The molecular weight excluding hydrogens is 336 g/mol. The molecule has 1 heterocycles. The monoisotopic (exact) mass is 362 g/mol. The van der Waals surface area contributed by atoms with Crippen LogP contribution in [0.4, 0.5) is 0 Å². The van der Waals surface area contributed by atoms with Gasteiger partial charge in [0.05, 0.1) is 24.9 Å². The second-order valence-corrected chi connectivity index (χ2v) is 7.34. The maximum absolute atomic E-state index is 12.8. The van der Waals surface area contributed by atoms with Crippen molar-refractivity contribution in [3.05, 3.63) is 35.9 Å². The molecule has 1 saturated carbocycles. The number of carbonyl (C=O) groups is 2. The van der Waals surface area contributed by atoms with Crippen LogP contribution in [0.5, 0.6) is 0 Å². The third kappa shape index (κ3) is 2.81. The van der Waals surface area contributed by atoms with Crippen LogP contribution >= 0.6 is 0 Å². The van der Waals surface area contributed by atoms with Crippen LogP contribution in [-0.4, -0.2) is 48.6 Å². The molecule has 3 rings (SSSR count). The second-order valence-electron chi connectivity index (χ2n) is 7.34. The number of ether oxygens (including phenoxy) is 3. The third-order valence-electron chi connectivity index (χ3n) is 6.03. The normalized spacial score (nSPS) is 32.9. The van der Waals surface area contributed by atoms with Gasteiger partial charge in [-0.15, -0.1) is 0 Å². The van der Waals surface area contributed by atoms with Gasteiger partial charge in [-0.1, -0.05) is 25.1 Å². The molecule has 0 spiro atoms. The summed E-state index contributed by atoms with van der Waals surface area (Å²) >= 11 is 0. The Morgan fingerprint density at radius 1 is 1.23 bits per heavy atom. The average Bonchev–Trinajstić information content (AvgIpc) is 2.90. The number of hydrogen-bond donors (Lipinski definition) is 1. The molecule has 26 heavy (non-hydrogen) atoms. The summed E-state index contributed by atoms with van der Waals surface area (Å²) in [4.78, 5) is 25.2. The molecule has 0 radical (unpaired) electrons. The topological polar surface area (TPSA) is 82.1 Å². The maximum atomic E-state index is 12.8. The zero-order valence-corrected chi connectivity index (χ0v) is 15.3. The minimum absolute atomic E-state index is 0.0475. The molecule has 6 nitrogen and oxygen atoms in total. The van der Waals surface area contributed by atoms with Crippen LogP contribution in [0.25, 0.3) is 0 Å². The van der Waals surface area contributed by atoms with Crippen molar-refractivity contribution in [2.75, 3.05) is 20.3 Å². The number of carbonyl (C=O) groups excluding carboxylic acids is 2. The van der Waals surface area contributed by atoms with Gasteiger partial charge in [0.2, 0.25) is 0 Å². The summed E-state index contributed by atoms with van der Waals surface area (Å²) in [7, 11) is 1.36. The molecule has 1 N–H and O–H groups in total. The van der Waals surface area contributed by atoms with Crippen molar-refractivity contribution in [1.82, 2.24) is 0 Å². The Balaban J connectivity index is 1.90. The van der Waals surface area contributed by atoms with E-state index in [-0.39, 0.29) is 19.2 Å². The van der Waals surface area contributed by atoms with Gasteiger partial charge in [-0.05, 0) is 44.2 Å². The van der Waals surface area contributed by atoms with E-state index >= 15 is 0 Å². The molecule has 142 valence electrons. The summed E-state index contributed by atoms with van der Waals surface area (Å²) in [5, 5.41) is 9.94. The Hall–Kier alpha value is -1.92. The van der Waals surface area contributed by atoms with Gasteiger partial charge in [-0.3, -0.25) is 4.79 Å². The molecule has 0 aromatic heterocycles. The molecule has 0 unspecified atom stereocenters. The first-order valence-electron chi connectivity index (χ1n) is 9.08. The van der Waals surface area contributed by atoms with Gasteiger partial charge in [0.25, 0.3) is 0 Å². The van der Waals surface area contributed by atoms with Crippen molar-refractivity contribution >= 4 is 11.9 Å². The summed E-state index contributed by atoms with van der Waals surface area (Å²) in [5.74, 6) is -0.813. The molecule has 3 atom stereocenters. The lowest BCUT2D eigenvalue weighted by atomic mass is 9.62. The van der Waals surface area contributed by atoms with Crippen LogP contribution < -0.4 is 0 Å². The Morgan fingerprint density at radius 3 is 2.58 bits per heavy atom. The van der Waals surface area contributed by atoms with Crippen LogP contribution in [0.2, 0.25) is 0 Å². The third-order valence-corrected chi connectivity index (χ3v) is 6.03. The molecule has 1 aromatic rings. The van der Waals surface area contributed by atoms with Crippen molar-refractivity contribution in [2.45, 2.75) is 50.2 Å². The van der Waals surface area contributed by atoms with Crippen LogP contribution in [0.1, 0.15) is 49.4 Å². The molecule has 2 aliphatic rings. The van der Waals surface area contributed by atoms with E-state index in [1.807, 2.05) is 13.0 Å². The quantitative estimate of drug-likeness (QED) is 0.783. The maximum Gasteiger partial charge on any atom is 0.338 e. The zero-order valence-electron chi connectivity index (χ0n) is 15.3. The largest absolute Gasteiger partial charge is 0.469 e. The van der Waals surface area contributed by atoms with Gasteiger partial charge < -0.3 is 19.3 Å². The van der Waals surface area contributed by atoms with Crippen molar-refractivity contribution in [3.63, 3.8) is 0 Å². The average molecular weight is 362 g/mol. The van der Waals surface area contributed by atoms with Gasteiger partial charge in [-0.2, -0.15) is 0 Å². The summed E-state index contributed by atoms with van der Waals surface area (Å²) in [6, 6.07) is 8.72. The van der Waals surface area contributed by atoms with Crippen LogP contribution in [-0.2, 0) is 19.0 Å². The van der Waals surface area contributed by atoms with E-state index in [2.05, 4.69) is 0 Å². The SMILES string of the molecule is CC[C@]1(COC(=O)c2ccccc2)O[C@]2(CO)CCC[C@@]1(C(=O)OC)C2. The lowest BCUT2D eigenvalue weighted by Gasteiger charge is -2.41. The predicted octanol–water partition coefficient (Wildman–Crippen LogP) is 2.49. The van der Waals surface area contributed by atoms with Crippen molar-refractivity contribution < 1.29 is 28.9 Å². The first kappa shape index (κ1) is 18.9. The smallest absolute Gasteiger partial charge is 0.338 e. The number of aliphatic hydroxyl groups excluding tert-OH is 1. The van der Waals surface area contributed by atoms with Crippen LogP contribution in [0, 0.1) is 5.41 Å². The molecule has 1 aliphatic carbocycles. The van der Waals surface area contributed by atoms with Gasteiger partial charge in [0.1, 0.15) is 17.6 Å². The van der Waals surface area contributed by atoms with E-state index < -0.39 is 22.6 Å². The highest BCUT2D eigenvalue weighted by Crippen LogP contribution is 2.61. The molecule has 1 aromatic carbocycles. The molecule has 2 fully saturated rings. The first-order valence-corrected chi connectivity index (χ1v) is 9.08. The minimum Gasteiger partial charge on any atom is -0.469 e. The highest BCUT2D eigenvalue weighted by atomic mass is 16.6. The minimum atomic E-state index is -0.996. The second kappa shape index (κ2) is 7.00. The van der Waals surface area contributed by atoms with E-state index in [4.69, 9.17) is 14.2 Å². The van der Waals surface area contributed by atoms with Gasteiger partial charge in [0.15, 0.2) is 0 Å². The molecule has 1 saturated heterocycles. The number of aliphatic hydroxyl groups is 1. The summed E-state index contributed by atoms with van der Waals surface area (Å²) in [5.41, 5.74) is -2.23. The summed E-state index contributed by atoms with van der Waals surface area (Å²) in [6.07, 6.45) is 2.89. The van der Waals surface area contributed by atoms with Crippen molar-refractivity contribution in [2.24, 2.45) is 5.41 Å². The van der Waals surface area contributed by atoms with E-state index in [1.165, 1.54) is 7.11 Å². The zero-order chi connectivity index (χ0) is 18.8. The van der Waals surface area contributed by atoms with E-state index in [0.717, 1.165) is 6.42 Å². The van der Waals surface area contributed by atoms with Gasteiger partial charge >= 0.3 is 11.9 Å². The Labute approximate surface area is 153 Å².